The number of carbonyl (C=O) groups excluding carboxylic acids is 1. The minimum atomic E-state index is 0.375. The lowest BCUT2D eigenvalue weighted by molar-refractivity contribution is -0.125. The van der Waals surface area contributed by atoms with Crippen LogP contribution in [0.4, 0.5) is 0 Å². The van der Waals surface area contributed by atoms with E-state index in [0.29, 0.717) is 17.6 Å². The Morgan fingerprint density at radius 1 is 1.00 bits per heavy atom. The molecule has 2 bridgehead atoms. The highest BCUT2D eigenvalue weighted by molar-refractivity contribution is 5.87. The van der Waals surface area contributed by atoms with Crippen LogP contribution in [0.1, 0.15) is 44.9 Å². The summed E-state index contributed by atoms with van der Waals surface area (Å²) in [6.45, 7) is 0. The highest BCUT2D eigenvalue weighted by Crippen LogP contribution is 2.48. The van der Waals surface area contributed by atoms with E-state index in [1.165, 1.54) is 38.5 Å². The molecule has 0 saturated heterocycles. The van der Waals surface area contributed by atoms with E-state index in [4.69, 9.17) is 0 Å². The van der Waals surface area contributed by atoms with Gasteiger partial charge < -0.3 is 0 Å². The molecular formula is C12H16O. The summed E-state index contributed by atoms with van der Waals surface area (Å²) in [6, 6.07) is 0. The first-order valence-corrected chi connectivity index (χ1v) is 5.61. The highest BCUT2D eigenvalue weighted by atomic mass is 16.1. The van der Waals surface area contributed by atoms with Gasteiger partial charge in [-0.05, 0) is 44.4 Å². The minimum Gasteiger partial charge on any atom is -0.299 e. The maximum Gasteiger partial charge on any atom is 0.140 e. The SMILES string of the molecule is O=C1CC2CCC1C1=C2CCCC1. The molecule has 1 saturated carbocycles. The van der Waals surface area contributed by atoms with E-state index in [-0.39, 0.29) is 0 Å². The first kappa shape index (κ1) is 7.78. The van der Waals surface area contributed by atoms with Gasteiger partial charge in [0.25, 0.3) is 0 Å². The Morgan fingerprint density at radius 3 is 2.54 bits per heavy atom. The molecule has 4 rings (SSSR count). The standard InChI is InChI=1S/C12H16O/c13-12-7-8-5-6-11(12)10-4-2-1-3-9(8)10/h8,11H,1-7H2. The number of rotatable bonds is 0. The molecule has 0 heterocycles. The molecule has 1 nitrogen and oxygen atoms in total. The normalized spacial score (nSPS) is 38.0. The van der Waals surface area contributed by atoms with Crippen molar-refractivity contribution in [3.63, 3.8) is 0 Å². The van der Waals surface area contributed by atoms with Crippen molar-refractivity contribution >= 4 is 5.78 Å². The van der Waals surface area contributed by atoms with E-state index in [1.807, 2.05) is 0 Å². The lowest BCUT2D eigenvalue weighted by Gasteiger charge is -2.41. The van der Waals surface area contributed by atoms with Crippen LogP contribution in [0.2, 0.25) is 0 Å². The van der Waals surface area contributed by atoms with Crippen LogP contribution in [0.25, 0.3) is 0 Å². The number of allylic oxidation sites excluding steroid dienone is 2. The Labute approximate surface area is 79.2 Å². The van der Waals surface area contributed by atoms with Crippen molar-refractivity contribution in [2.45, 2.75) is 44.9 Å². The van der Waals surface area contributed by atoms with Gasteiger partial charge in [-0.15, -0.1) is 0 Å². The topological polar surface area (TPSA) is 17.1 Å². The molecule has 2 atom stereocenters. The van der Waals surface area contributed by atoms with Crippen LogP contribution < -0.4 is 0 Å². The smallest absolute Gasteiger partial charge is 0.140 e. The molecule has 0 radical (unpaired) electrons. The molecular weight excluding hydrogens is 160 g/mol. The Balaban J connectivity index is 2.05. The van der Waals surface area contributed by atoms with E-state index in [2.05, 4.69) is 0 Å². The summed E-state index contributed by atoms with van der Waals surface area (Å²) < 4.78 is 0. The van der Waals surface area contributed by atoms with Crippen LogP contribution in [-0.4, -0.2) is 5.78 Å². The van der Waals surface area contributed by atoms with Crippen molar-refractivity contribution in [2.24, 2.45) is 11.8 Å². The predicted molar refractivity (Wildman–Crippen MR) is 51.3 cm³/mol. The van der Waals surface area contributed by atoms with Crippen molar-refractivity contribution in [3.8, 4) is 0 Å². The summed E-state index contributed by atoms with van der Waals surface area (Å²) in [5.41, 5.74) is 3.29. The largest absolute Gasteiger partial charge is 0.299 e. The summed E-state index contributed by atoms with van der Waals surface area (Å²) in [5, 5.41) is 0. The number of hydrogen-bond acceptors (Lipinski definition) is 1. The Kier molecular flexibility index (Phi) is 1.61. The summed E-state index contributed by atoms with van der Waals surface area (Å²) in [5.74, 6) is 1.60. The first-order valence-electron chi connectivity index (χ1n) is 5.61. The van der Waals surface area contributed by atoms with Crippen molar-refractivity contribution < 1.29 is 4.79 Å². The number of ketones is 1. The third-order valence-corrected chi connectivity index (χ3v) is 4.11. The van der Waals surface area contributed by atoms with Gasteiger partial charge >= 0.3 is 0 Å². The van der Waals surface area contributed by atoms with Crippen molar-refractivity contribution in [1.82, 2.24) is 0 Å². The summed E-state index contributed by atoms with van der Waals surface area (Å²) >= 11 is 0. The van der Waals surface area contributed by atoms with Crippen LogP contribution in [0.3, 0.4) is 0 Å². The molecule has 0 aromatic carbocycles. The van der Waals surface area contributed by atoms with Crippen molar-refractivity contribution in [1.29, 1.82) is 0 Å². The van der Waals surface area contributed by atoms with E-state index in [9.17, 15) is 4.79 Å². The van der Waals surface area contributed by atoms with Gasteiger partial charge in [0.2, 0.25) is 0 Å². The van der Waals surface area contributed by atoms with Gasteiger partial charge in [-0.1, -0.05) is 11.1 Å². The second-order valence-electron chi connectivity index (χ2n) is 4.75. The Morgan fingerprint density at radius 2 is 1.77 bits per heavy atom. The van der Waals surface area contributed by atoms with Gasteiger partial charge in [0.05, 0.1) is 0 Å². The number of fused-ring (bicyclic) bond motifs is 2. The third kappa shape index (κ3) is 1.02. The molecule has 0 aromatic heterocycles. The Bertz CT molecular complexity index is 287. The molecule has 0 spiro atoms. The van der Waals surface area contributed by atoms with Crippen molar-refractivity contribution in [3.05, 3.63) is 11.1 Å². The molecule has 13 heavy (non-hydrogen) atoms. The lowest BCUT2D eigenvalue weighted by Crippen LogP contribution is -2.35. The van der Waals surface area contributed by atoms with Gasteiger partial charge in [0, 0.05) is 12.3 Å². The van der Waals surface area contributed by atoms with Crippen LogP contribution in [0.15, 0.2) is 11.1 Å². The molecule has 2 unspecified atom stereocenters. The zero-order valence-corrected chi connectivity index (χ0v) is 8.01. The van der Waals surface area contributed by atoms with Crippen molar-refractivity contribution in [2.75, 3.05) is 0 Å². The molecule has 4 aliphatic carbocycles. The van der Waals surface area contributed by atoms with Crippen LogP contribution in [-0.2, 0) is 4.79 Å². The molecule has 0 amide bonds. The molecule has 0 aliphatic heterocycles. The molecule has 0 aromatic rings. The number of hydrogen-bond donors (Lipinski definition) is 0. The lowest BCUT2D eigenvalue weighted by atomic mass is 9.62. The molecule has 70 valence electrons. The molecule has 1 heteroatoms. The Hall–Kier alpha value is -0.590. The average molecular weight is 176 g/mol. The van der Waals surface area contributed by atoms with E-state index in [0.717, 1.165) is 6.42 Å². The molecule has 1 fully saturated rings. The van der Waals surface area contributed by atoms with Gasteiger partial charge in [0.1, 0.15) is 5.78 Å². The molecule has 0 N–H and O–H groups in total. The quantitative estimate of drug-likeness (QED) is 0.519. The van der Waals surface area contributed by atoms with E-state index < -0.39 is 0 Å². The summed E-state index contributed by atoms with van der Waals surface area (Å²) in [4.78, 5) is 11.7. The minimum absolute atomic E-state index is 0.375. The van der Waals surface area contributed by atoms with Crippen LogP contribution in [0.5, 0.6) is 0 Å². The zero-order chi connectivity index (χ0) is 8.84. The second kappa shape index (κ2) is 2.70. The fourth-order valence-electron chi connectivity index (χ4n) is 3.50. The second-order valence-corrected chi connectivity index (χ2v) is 4.75. The maximum absolute atomic E-state index is 11.7. The average Bonchev–Trinajstić information content (AvgIpc) is 2.19. The molecule has 4 aliphatic rings. The fraction of sp³-hybridized carbons (Fsp3) is 0.750. The summed E-state index contributed by atoms with van der Waals surface area (Å²) in [6.07, 6.45) is 8.60. The predicted octanol–water partition coefficient (Wildman–Crippen LogP) is 2.86. The number of carbonyl (C=O) groups is 1. The number of Topliss-reactive ketones (excluding diaryl/α,β-unsaturated/α-hetero) is 1. The monoisotopic (exact) mass is 176 g/mol. The van der Waals surface area contributed by atoms with Crippen LogP contribution in [0, 0.1) is 11.8 Å². The summed E-state index contributed by atoms with van der Waals surface area (Å²) in [7, 11) is 0. The van der Waals surface area contributed by atoms with E-state index in [1.54, 1.807) is 11.1 Å². The van der Waals surface area contributed by atoms with Gasteiger partial charge in [-0.2, -0.15) is 0 Å². The highest BCUT2D eigenvalue weighted by Gasteiger charge is 2.40. The zero-order valence-electron chi connectivity index (χ0n) is 8.01. The van der Waals surface area contributed by atoms with Crippen LogP contribution >= 0.6 is 0 Å². The fourth-order valence-corrected chi connectivity index (χ4v) is 3.50. The first-order chi connectivity index (χ1) is 6.36. The van der Waals surface area contributed by atoms with E-state index >= 15 is 0 Å². The van der Waals surface area contributed by atoms with Gasteiger partial charge in [0.15, 0.2) is 0 Å². The van der Waals surface area contributed by atoms with Gasteiger partial charge in [-0.25, -0.2) is 0 Å². The van der Waals surface area contributed by atoms with Gasteiger partial charge in [-0.3, -0.25) is 4.79 Å². The maximum atomic E-state index is 11.7. The third-order valence-electron chi connectivity index (χ3n) is 4.11.